The normalized spacial score (nSPS) is 22.0. The van der Waals surface area contributed by atoms with Crippen LogP contribution in [0.15, 0.2) is 24.3 Å². The number of fused-ring (bicyclic) bond motifs is 3. The molecule has 0 radical (unpaired) electrons. The minimum Gasteiger partial charge on any atom is -0.365 e. The van der Waals surface area contributed by atoms with Crippen molar-refractivity contribution in [3.05, 3.63) is 24.3 Å². The third kappa shape index (κ3) is 4.92. The van der Waals surface area contributed by atoms with E-state index in [4.69, 9.17) is 0 Å². The molecule has 3 aliphatic heterocycles. The molecule has 0 saturated carbocycles. The highest BCUT2D eigenvalue weighted by Gasteiger charge is 2.35. The Morgan fingerprint density at radius 3 is 2.48 bits per heavy atom. The summed E-state index contributed by atoms with van der Waals surface area (Å²) < 4.78 is 0. The lowest BCUT2D eigenvalue weighted by molar-refractivity contribution is -0.125. The van der Waals surface area contributed by atoms with Gasteiger partial charge in [-0.25, -0.2) is 0 Å². The van der Waals surface area contributed by atoms with Crippen LogP contribution in [0, 0.1) is 0 Å². The molecule has 6 nitrogen and oxygen atoms in total. The molecule has 2 amide bonds. The second-order valence-electron chi connectivity index (χ2n) is 8.59. The monoisotopic (exact) mass is 398 g/mol. The Kier molecular flexibility index (Phi) is 6.70. The van der Waals surface area contributed by atoms with Gasteiger partial charge in [0.05, 0.1) is 11.4 Å². The first-order valence-electron chi connectivity index (χ1n) is 11.4. The Hall–Kier alpha value is -2.08. The minimum absolute atomic E-state index is 0.0130. The fourth-order valence-electron chi connectivity index (χ4n) is 4.98. The van der Waals surface area contributed by atoms with Crippen molar-refractivity contribution in [3.8, 4) is 0 Å². The molecule has 1 N–H and O–H groups in total. The van der Waals surface area contributed by atoms with E-state index in [0.29, 0.717) is 12.6 Å². The molecule has 2 saturated heterocycles. The maximum Gasteiger partial charge on any atom is 0.227 e. The van der Waals surface area contributed by atoms with Crippen LogP contribution in [0.2, 0.25) is 0 Å². The Bertz CT molecular complexity index is 715. The molecule has 1 aromatic rings. The molecule has 1 aromatic carbocycles. The summed E-state index contributed by atoms with van der Waals surface area (Å²) in [5.74, 6) is 0.0487. The highest BCUT2D eigenvalue weighted by Crippen LogP contribution is 2.39. The van der Waals surface area contributed by atoms with Gasteiger partial charge in [0, 0.05) is 45.1 Å². The Labute approximate surface area is 174 Å². The number of hydrogen-bond acceptors (Lipinski definition) is 4. The van der Waals surface area contributed by atoms with E-state index in [1.165, 1.54) is 32.1 Å². The molecule has 0 spiro atoms. The molecule has 0 bridgehead atoms. The second kappa shape index (κ2) is 9.61. The number of likely N-dealkylation sites (tertiary alicyclic amines) is 1. The summed E-state index contributed by atoms with van der Waals surface area (Å²) in [6.07, 6.45) is 8.03. The van der Waals surface area contributed by atoms with Crippen molar-refractivity contribution < 1.29 is 9.59 Å². The van der Waals surface area contributed by atoms with Crippen molar-refractivity contribution in [1.29, 1.82) is 0 Å². The SMILES string of the molecule is O=C(CCC(=O)N1C[C@@H]2CCCN2c2ccccc21)NCCN1CCCCCC1. The van der Waals surface area contributed by atoms with Crippen LogP contribution >= 0.6 is 0 Å². The van der Waals surface area contributed by atoms with Crippen molar-refractivity contribution in [2.75, 3.05) is 49.1 Å². The van der Waals surface area contributed by atoms with Gasteiger partial charge in [-0.15, -0.1) is 0 Å². The first-order valence-corrected chi connectivity index (χ1v) is 11.4. The van der Waals surface area contributed by atoms with Gasteiger partial charge in [0.15, 0.2) is 0 Å². The van der Waals surface area contributed by atoms with Crippen LogP contribution in [-0.4, -0.2) is 62.0 Å². The lowest BCUT2D eigenvalue weighted by Crippen LogP contribution is -2.48. The Morgan fingerprint density at radius 2 is 1.69 bits per heavy atom. The average Bonchev–Trinajstić information content (AvgIpc) is 3.07. The smallest absolute Gasteiger partial charge is 0.227 e. The van der Waals surface area contributed by atoms with E-state index < -0.39 is 0 Å². The van der Waals surface area contributed by atoms with Gasteiger partial charge in [-0.1, -0.05) is 25.0 Å². The molecule has 0 aromatic heterocycles. The summed E-state index contributed by atoms with van der Waals surface area (Å²) in [5, 5.41) is 3.01. The molecule has 29 heavy (non-hydrogen) atoms. The van der Waals surface area contributed by atoms with Crippen LogP contribution < -0.4 is 15.1 Å². The van der Waals surface area contributed by atoms with E-state index >= 15 is 0 Å². The second-order valence-corrected chi connectivity index (χ2v) is 8.59. The van der Waals surface area contributed by atoms with Crippen LogP contribution in [-0.2, 0) is 9.59 Å². The largest absolute Gasteiger partial charge is 0.365 e. The van der Waals surface area contributed by atoms with Crippen molar-refractivity contribution in [1.82, 2.24) is 10.2 Å². The third-order valence-electron chi connectivity index (χ3n) is 6.57. The first kappa shape index (κ1) is 20.2. The molecule has 1 atom stereocenters. The third-order valence-corrected chi connectivity index (χ3v) is 6.57. The lowest BCUT2D eigenvalue weighted by Gasteiger charge is -2.40. The average molecular weight is 399 g/mol. The van der Waals surface area contributed by atoms with Gasteiger partial charge in [0.25, 0.3) is 0 Å². The summed E-state index contributed by atoms with van der Waals surface area (Å²) in [6.45, 7) is 5.69. The van der Waals surface area contributed by atoms with Crippen LogP contribution in [0.1, 0.15) is 51.4 Å². The number of benzene rings is 1. The van der Waals surface area contributed by atoms with E-state index in [1.807, 2.05) is 23.1 Å². The van der Waals surface area contributed by atoms with Gasteiger partial charge >= 0.3 is 0 Å². The zero-order valence-corrected chi connectivity index (χ0v) is 17.4. The first-order chi connectivity index (χ1) is 14.2. The fourth-order valence-corrected chi connectivity index (χ4v) is 4.98. The Balaban J connectivity index is 1.25. The van der Waals surface area contributed by atoms with Gasteiger partial charge in [-0.3, -0.25) is 9.59 Å². The van der Waals surface area contributed by atoms with E-state index in [-0.39, 0.29) is 24.7 Å². The zero-order chi connectivity index (χ0) is 20.1. The van der Waals surface area contributed by atoms with Crippen LogP contribution in [0.25, 0.3) is 0 Å². The zero-order valence-electron chi connectivity index (χ0n) is 17.4. The quantitative estimate of drug-likeness (QED) is 0.801. The number of carbonyl (C=O) groups excluding carboxylic acids is 2. The van der Waals surface area contributed by atoms with Crippen molar-refractivity contribution in [3.63, 3.8) is 0 Å². The summed E-state index contributed by atoms with van der Waals surface area (Å²) in [6, 6.07) is 8.59. The number of anilines is 2. The van der Waals surface area contributed by atoms with Crippen LogP contribution in [0.5, 0.6) is 0 Å². The number of carbonyl (C=O) groups is 2. The summed E-state index contributed by atoms with van der Waals surface area (Å²) in [5.41, 5.74) is 2.16. The van der Waals surface area contributed by atoms with Gasteiger partial charge in [-0.2, -0.15) is 0 Å². The number of nitrogens with zero attached hydrogens (tertiary/aromatic N) is 3. The summed E-state index contributed by atoms with van der Waals surface area (Å²) >= 11 is 0. The van der Waals surface area contributed by atoms with Crippen molar-refractivity contribution in [2.45, 2.75) is 57.4 Å². The van der Waals surface area contributed by atoms with Crippen molar-refractivity contribution in [2.24, 2.45) is 0 Å². The van der Waals surface area contributed by atoms with E-state index in [0.717, 1.165) is 50.5 Å². The molecule has 4 rings (SSSR count). The number of nitrogens with one attached hydrogen (secondary N) is 1. The van der Waals surface area contributed by atoms with E-state index in [9.17, 15) is 9.59 Å². The molecule has 2 fully saturated rings. The molecular weight excluding hydrogens is 364 g/mol. The van der Waals surface area contributed by atoms with Gasteiger partial charge < -0.3 is 20.0 Å². The predicted molar refractivity (Wildman–Crippen MR) is 116 cm³/mol. The summed E-state index contributed by atoms with van der Waals surface area (Å²) in [7, 11) is 0. The molecule has 158 valence electrons. The highest BCUT2D eigenvalue weighted by atomic mass is 16.2. The number of amides is 2. The molecule has 6 heteroatoms. The molecular formula is C23H34N4O2. The van der Waals surface area contributed by atoms with Crippen LogP contribution in [0.3, 0.4) is 0 Å². The molecule has 0 unspecified atom stereocenters. The number of rotatable bonds is 6. The number of hydrogen-bond donors (Lipinski definition) is 1. The number of para-hydroxylation sites is 2. The maximum atomic E-state index is 12.9. The minimum atomic E-state index is -0.0130. The van der Waals surface area contributed by atoms with Gasteiger partial charge in [0.1, 0.15) is 0 Å². The molecule has 3 heterocycles. The highest BCUT2D eigenvalue weighted by molar-refractivity contribution is 5.99. The molecule has 3 aliphatic rings. The van der Waals surface area contributed by atoms with Gasteiger partial charge in [0.2, 0.25) is 11.8 Å². The van der Waals surface area contributed by atoms with E-state index in [2.05, 4.69) is 21.2 Å². The summed E-state index contributed by atoms with van der Waals surface area (Å²) in [4.78, 5) is 32.0. The topological polar surface area (TPSA) is 55.9 Å². The Morgan fingerprint density at radius 1 is 0.931 bits per heavy atom. The fraction of sp³-hybridized carbons (Fsp3) is 0.652. The standard InChI is InChI=1S/C23H34N4O2/c28-22(24-13-17-25-14-5-1-2-6-15-25)11-12-23(29)27-18-19-8-7-16-26(19)20-9-3-4-10-21(20)27/h3-4,9-10,19H,1-2,5-8,11-18H2,(H,24,28)/t19-/m0/s1. The van der Waals surface area contributed by atoms with Crippen LogP contribution in [0.4, 0.5) is 11.4 Å². The lowest BCUT2D eigenvalue weighted by atomic mass is 10.1. The predicted octanol–water partition coefficient (Wildman–Crippen LogP) is 2.77. The molecule has 0 aliphatic carbocycles. The maximum absolute atomic E-state index is 12.9. The van der Waals surface area contributed by atoms with Gasteiger partial charge in [-0.05, 0) is 50.9 Å². The van der Waals surface area contributed by atoms with E-state index in [1.54, 1.807) is 0 Å². The van der Waals surface area contributed by atoms with Crippen molar-refractivity contribution >= 4 is 23.2 Å².